The number of fused-ring (bicyclic) bond motifs is 1. The van der Waals surface area contributed by atoms with Crippen LogP contribution in [0.1, 0.15) is 25.0 Å². The smallest absolute Gasteiger partial charge is 0.228 e. The van der Waals surface area contributed by atoms with Gasteiger partial charge in [0.2, 0.25) is 21.8 Å². The number of ether oxygens (including phenoxy) is 1. The van der Waals surface area contributed by atoms with Crippen LogP contribution in [0.3, 0.4) is 0 Å². The molecule has 10 heteroatoms. The molecule has 2 aromatic carbocycles. The second kappa shape index (κ2) is 11.9. The highest BCUT2D eigenvalue weighted by Crippen LogP contribution is 2.29. The molecule has 1 aliphatic heterocycles. The second-order valence-corrected chi connectivity index (χ2v) is 11.6. The largest absolute Gasteiger partial charge is 0.488 e. The number of aliphatic hydroxyl groups excluding tert-OH is 1. The van der Waals surface area contributed by atoms with Gasteiger partial charge in [-0.2, -0.15) is 0 Å². The molecule has 0 spiro atoms. The van der Waals surface area contributed by atoms with Crippen LogP contribution in [0, 0.1) is 5.92 Å². The Kier molecular flexibility index (Phi) is 9.10. The summed E-state index contributed by atoms with van der Waals surface area (Å²) in [6.45, 7) is 3.87. The quantitative estimate of drug-likeness (QED) is 0.553. The normalized spacial score (nSPS) is 19.5. The minimum Gasteiger partial charge on any atom is -0.488 e. The van der Waals surface area contributed by atoms with Crippen molar-refractivity contribution in [2.24, 2.45) is 5.92 Å². The third-order valence-electron chi connectivity index (χ3n) is 6.41. The molecule has 2 N–H and O–H groups in total. The number of benzene rings is 2. The molecule has 3 atom stereocenters. The summed E-state index contributed by atoms with van der Waals surface area (Å²) >= 11 is 0. The Bertz CT molecular complexity index is 1170. The number of likely N-dealkylation sites (N-methyl/N-ethyl adjacent to an activating group) is 1. The predicted molar refractivity (Wildman–Crippen MR) is 138 cm³/mol. The molecular weight excluding hydrogens is 482 g/mol. The summed E-state index contributed by atoms with van der Waals surface area (Å²) in [5, 5.41) is 12.6. The van der Waals surface area contributed by atoms with Crippen molar-refractivity contribution in [2.45, 2.75) is 38.8 Å². The van der Waals surface area contributed by atoms with E-state index in [2.05, 4.69) is 5.32 Å². The van der Waals surface area contributed by atoms with E-state index in [-0.39, 0.29) is 43.7 Å². The first-order chi connectivity index (χ1) is 17.0. The first-order valence-electron chi connectivity index (χ1n) is 11.9. The lowest BCUT2D eigenvalue weighted by molar-refractivity contribution is -0.134. The Morgan fingerprint density at radius 2 is 1.94 bits per heavy atom. The lowest BCUT2D eigenvalue weighted by Gasteiger charge is -2.33. The number of anilines is 1. The molecule has 0 aromatic heterocycles. The van der Waals surface area contributed by atoms with Gasteiger partial charge in [-0.15, -0.1) is 0 Å². The second-order valence-electron chi connectivity index (χ2n) is 9.46. The zero-order chi connectivity index (χ0) is 26.5. The van der Waals surface area contributed by atoms with Gasteiger partial charge in [0.25, 0.3) is 0 Å². The maximum Gasteiger partial charge on any atom is 0.228 e. The van der Waals surface area contributed by atoms with Crippen LogP contribution < -0.4 is 10.1 Å². The minimum atomic E-state index is -3.44. The van der Waals surface area contributed by atoms with E-state index >= 15 is 0 Å². The average molecular weight is 518 g/mol. The van der Waals surface area contributed by atoms with Crippen LogP contribution in [-0.4, -0.2) is 79.7 Å². The van der Waals surface area contributed by atoms with Crippen molar-refractivity contribution < 1.29 is 27.9 Å². The van der Waals surface area contributed by atoms with Crippen LogP contribution in [-0.2, 0) is 32.5 Å². The lowest BCUT2D eigenvalue weighted by Crippen LogP contribution is -2.48. The van der Waals surface area contributed by atoms with E-state index in [0.29, 0.717) is 23.5 Å². The first-order valence-corrected chi connectivity index (χ1v) is 13.8. The molecule has 0 radical (unpaired) electrons. The summed E-state index contributed by atoms with van der Waals surface area (Å²) in [6.07, 6.45) is 0.825. The number of carbonyl (C=O) groups is 2. The molecule has 3 rings (SSSR count). The number of amides is 2. The molecule has 36 heavy (non-hydrogen) atoms. The number of hydrogen-bond donors (Lipinski definition) is 2. The zero-order valence-corrected chi connectivity index (χ0v) is 22.0. The van der Waals surface area contributed by atoms with Gasteiger partial charge in [0.05, 0.1) is 38.3 Å². The molecule has 0 aliphatic carbocycles. The van der Waals surface area contributed by atoms with Gasteiger partial charge >= 0.3 is 0 Å². The van der Waals surface area contributed by atoms with Gasteiger partial charge in [-0.25, -0.2) is 12.7 Å². The van der Waals surface area contributed by atoms with Crippen molar-refractivity contribution in [2.75, 3.05) is 38.3 Å². The van der Waals surface area contributed by atoms with E-state index in [1.807, 2.05) is 37.3 Å². The van der Waals surface area contributed by atoms with Crippen LogP contribution in [0.4, 0.5) is 5.69 Å². The molecule has 1 heterocycles. The number of nitrogens with one attached hydrogen (secondary N) is 1. The van der Waals surface area contributed by atoms with Gasteiger partial charge in [-0.05, 0) is 30.7 Å². The fourth-order valence-electron chi connectivity index (χ4n) is 4.10. The molecule has 0 fully saturated rings. The summed E-state index contributed by atoms with van der Waals surface area (Å²) in [6, 6.07) is 14.1. The van der Waals surface area contributed by atoms with Crippen LogP contribution in [0.15, 0.2) is 48.5 Å². The Labute approximate surface area is 213 Å². The Morgan fingerprint density at radius 1 is 1.25 bits per heavy atom. The zero-order valence-electron chi connectivity index (χ0n) is 21.2. The van der Waals surface area contributed by atoms with Crippen LogP contribution in [0.25, 0.3) is 0 Å². The van der Waals surface area contributed by atoms with Crippen molar-refractivity contribution in [3.8, 4) is 5.75 Å². The van der Waals surface area contributed by atoms with Crippen molar-refractivity contribution >= 4 is 27.5 Å². The van der Waals surface area contributed by atoms with Crippen molar-refractivity contribution in [3.05, 3.63) is 59.7 Å². The van der Waals surface area contributed by atoms with Gasteiger partial charge in [-0.3, -0.25) is 9.59 Å². The highest BCUT2D eigenvalue weighted by Gasteiger charge is 2.32. The fourth-order valence-corrected chi connectivity index (χ4v) is 4.52. The van der Waals surface area contributed by atoms with E-state index in [0.717, 1.165) is 11.8 Å². The third kappa shape index (κ3) is 7.28. The minimum absolute atomic E-state index is 0.0173. The molecule has 196 valence electrons. The lowest BCUT2D eigenvalue weighted by atomic mass is 10.0. The van der Waals surface area contributed by atoms with Gasteiger partial charge < -0.3 is 20.1 Å². The van der Waals surface area contributed by atoms with Crippen LogP contribution in [0.5, 0.6) is 5.75 Å². The summed E-state index contributed by atoms with van der Waals surface area (Å²) < 4.78 is 31.6. The maximum atomic E-state index is 13.3. The van der Waals surface area contributed by atoms with Gasteiger partial charge in [0.1, 0.15) is 11.9 Å². The SMILES string of the molecule is C[C@@H]1CN([C@H](C)CO)C(=O)Cc2cc(NC(=O)Cc3ccccc3)ccc2O[C@H]1CN(C)S(C)(=O)=O. The van der Waals surface area contributed by atoms with Crippen LogP contribution >= 0.6 is 0 Å². The molecular formula is C26H35N3O6S. The summed E-state index contributed by atoms with van der Waals surface area (Å²) in [5.41, 5.74) is 2.00. The van der Waals surface area contributed by atoms with Crippen molar-refractivity contribution in [3.63, 3.8) is 0 Å². The van der Waals surface area contributed by atoms with E-state index in [9.17, 15) is 23.1 Å². The molecule has 2 amide bonds. The van der Waals surface area contributed by atoms with Gasteiger partial charge in [-0.1, -0.05) is 37.3 Å². The first kappa shape index (κ1) is 27.6. The Hall–Kier alpha value is -2.95. The third-order valence-corrected chi connectivity index (χ3v) is 7.69. The van der Waals surface area contributed by atoms with E-state index in [1.54, 1.807) is 30.0 Å². The number of nitrogens with zero attached hydrogens (tertiary/aromatic N) is 2. The summed E-state index contributed by atoms with van der Waals surface area (Å²) in [4.78, 5) is 27.4. The standard InChI is InChI=1S/C26H35N3O6S/c1-18-15-29(19(2)17-30)26(32)14-21-13-22(27-25(31)12-20-8-6-5-7-9-20)10-11-23(21)35-24(18)16-28(3)36(4,33)34/h5-11,13,18-19,24,30H,12,14-17H2,1-4H3,(H,27,31)/t18-,19-,24+/m1/s1. The molecule has 2 aromatic rings. The molecule has 0 bridgehead atoms. The molecule has 0 saturated heterocycles. The monoisotopic (exact) mass is 517 g/mol. The van der Waals surface area contributed by atoms with Crippen molar-refractivity contribution in [1.29, 1.82) is 0 Å². The molecule has 0 unspecified atom stereocenters. The van der Waals surface area contributed by atoms with Crippen LogP contribution in [0.2, 0.25) is 0 Å². The van der Waals surface area contributed by atoms with E-state index < -0.39 is 22.2 Å². The number of rotatable bonds is 8. The fraction of sp³-hybridized carbons (Fsp3) is 0.462. The number of sulfonamides is 1. The van der Waals surface area contributed by atoms with Crippen molar-refractivity contribution in [1.82, 2.24) is 9.21 Å². The highest BCUT2D eigenvalue weighted by molar-refractivity contribution is 7.88. The van der Waals surface area contributed by atoms with E-state index in [1.165, 1.54) is 11.4 Å². The number of hydrogen-bond acceptors (Lipinski definition) is 6. The Balaban J connectivity index is 1.90. The number of carbonyl (C=O) groups excluding carboxylic acids is 2. The molecule has 0 saturated carbocycles. The Morgan fingerprint density at radius 3 is 2.58 bits per heavy atom. The van der Waals surface area contributed by atoms with E-state index in [4.69, 9.17) is 4.74 Å². The topological polar surface area (TPSA) is 116 Å². The van der Waals surface area contributed by atoms with Gasteiger partial charge in [0.15, 0.2) is 0 Å². The van der Waals surface area contributed by atoms with Gasteiger partial charge in [0, 0.05) is 30.8 Å². The average Bonchev–Trinajstić information content (AvgIpc) is 2.86. The highest BCUT2D eigenvalue weighted by atomic mass is 32.2. The molecule has 9 nitrogen and oxygen atoms in total. The number of aliphatic hydroxyl groups is 1. The summed E-state index contributed by atoms with van der Waals surface area (Å²) in [5.74, 6) is -0.128. The molecule has 1 aliphatic rings. The summed E-state index contributed by atoms with van der Waals surface area (Å²) in [7, 11) is -1.95. The maximum absolute atomic E-state index is 13.3. The predicted octanol–water partition coefficient (Wildman–Crippen LogP) is 1.91.